The zero-order valence-electron chi connectivity index (χ0n) is 8.61. The second-order valence-electron chi connectivity index (χ2n) is 3.23. The minimum absolute atomic E-state index is 0.292. The topological polar surface area (TPSA) is 33.1 Å². The molecule has 2 aromatic rings. The van der Waals surface area contributed by atoms with Gasteiger partial charge in [0.25, 0.3) is 0 Å². The van der Waals surface area contributed by atoms with E-state index in [9.17, 15) is 4.39 Å². The summed E-state index contributed by atoms with van der Waals surface area (Å²) in [4.78, 5) is 5.01. The highest BCUT2D eigenvalue weighted by atomic mass is 32.2. The van der Waals surface area contributed by atoms with Gasteiger partial charge < -0.3 is 5.11 Å². The molecule has 5 heteroatoms. The summed E-state index contributed by atoms with van der Waals surface area (Å²) in [5.74, 6) is -0.374. The third kappa shape index (κ3) is 2.42. The van der Waals surface area contributed by atoms with Crippen LogP contribution in [0.15, 0.2) is 32.8 Å². The monoisotopic (exact) mass is 255 g/mol. The number of aromatic nitrogens is 1. The normalized spacial score (nSPS) is 10.7. The van der Waals surface area contributed by atoms with Crippen LogP contribution < -0.4 is 0 Å². The summed E-state index contributed by atoms with van der Waals surface area (Å²) in [5, 5.41) is 11.1. The van der Waals surface area contributed by atoms with E-state index in [-0.39, 0.29) is 12.4 Å². The Hall–Kier alpha value is -0.910. The molecule has 0 bridgehead atoms. The molecule has 84 valence electrons. The number of nitrogens with zero attached hydrogens (tertiary/aromatic N) is 1. The Kier molecular flexibility index (Phi) is 3.58. The number of thiazole rings is 1. The molecule has 2 nitrogen and oxygen atoms in total. The molecule has 1 N–H and O–H groups in total. The lowest BCUT2D eigenvalue weighted by atomic mass is 10.2. The number of hydrogen-bond donors (Lipinski definition) is 1. The number of aliphatic hydroxyl groups is 1. The van der Waals surface area contributed by atoms with Crippen LogP contribution in [0.5, 0.6) is 0 Å². The lowest BCUT2D eigenvalue weighted by Gasteiger charge is -2.05. The third-order valence-electron chi connectivity index (χ3n) is 2.03. The SMILES string of the molecule is Cc1csc(Sc2cccc(F)c2CO)n1. The van der Waals surface area contributed by atoms with Crippen molar-refractivity contribution in [3.05, 3.63) is 40.7 Å². The predicted molar refractivity (Wildman–Crippen MR) is 63.3 cm³/mol. The molecule has 1 heterocycles. The highest BCUT2D eigenvalue weighted by Gasteiger charge is 2.10. The lowest BCUT2D eigenvalue weighted by Crippen LogP contribution is -1.92. The Labute approximate surface area is 101 Å². The zero-order chi connectivity index (χ0) is 11.5. The van der Waals surface area contributed by atoms with Gasteiger partial charge in [-0.25, -0.2) is 9.37 Å². The molecule has 16 heavy (non-hydrogen) atoms. The summed E-state index contributed by atoms with van der Waals surface area (Å²) >= 11 is 2.90. The fraction of sp³-hybridized carbons (Fsp3) is 0.182. The van der Waals surface area contributed by atoms with E-state index in [2.05, 4.69) is 4.98 Å². The summed E-state index contributed by atoms with van der Waals surface area (Å²) in [6.45, 7) is 1.62. The van der Waals surface area contributed by atoms with Gasteiger partial charge in [0.2, 0.25) is 0 Å². The van der Waals surface area contributed by atoms with Crippen molar-refractivity contribution in [2.24, 2.45) is 0 Å². The Balaban J connectivity index is 2.30. The highest BCUT2D eigenvalue weighted by molar-refractivity contribution is 8.01. The number of aliphatic hydroxyl groups excluding tert-OH is 1. The first-order valence-electron chi connectivity index (χ1n) is 4.69. The van der Waals surface area contributed by atoms with Gasteiger partial charge in [-0.1, -0.05) is 17.8 Å². The molecule has 0 aliphatic carbocycles. The number of aryl methyl sites for hydroxylation is 1. The number of hydrogen-bond acceptors (Lipinski definition) is 4. The van der Waals surface area contributed by atoms with E-state index in [1.54, 1.807) is 12.1 Å². The van der Waals surface area contributed by atoms with Crippen LogP contribution in [0.4, 0.5) is 4.39 Å². The Morgan fingerprint density at radius 3 is 2.94 bits per heavy atom. The van der Waals surface area contributed by atoms with E-state index < -0.39 is 0 Å². The number of halogens is 1. The molecule has 0 saturated heterocycles. The molecule has 0 aliphatic heterocycles. The molecule has 0 atom stereocenters. The van der Waals surface area contributed by atoms with Gasteiger partial charge >= 0.3 is 0 Å². The van der Waals surface area contributed by atoms with Crippen LogP contribution in [-0.4, -0.2) is 10.1 Å². The van der Waals surface area contributed by atoms with Crippen molar-refractivity contribution >= 4 is 23.1 Å². The number of benzene rings is 1. The van der Waals surface area contributed by atoms with Crippen molar-refractivity contribution in [1.29, 1.82) is 0 Å². The molecule has 0 radical (unpaired) electrons. The molecule has 1 aromatic heterocycles. The van der Waals surface area contributed by atoms with Crippen LogP contribution in [0.3, 0.4) is 0 Å². The van der Waals surface area contributed by atoms with Crippen LogP contribution in [0.25, 0.3) is 0 Å². The predicted octanol–water partition coefficient (Wildman–Crippen LogP) is 3.23. The average molecular weight is 255 g/mol. The molecule has 1 aromatic carbocycles. The van der Waals surface area contributed by atoms with Crippen LogP contribution >= 0.6 is 23.1 Å². The van der Waals surface area contributed by atoms with Gasteiger partial charge in [-0.2, -0.15) is 0 Å². The second kappa shape index (κ2) is 4.95. The van der Waals surface area contributed by atoms with E-state index in [1.165, 1.54) is 29.2 Å². The van der Waals surface area contributed by atoms with Crippen LogP contribution in [0.2, 0.25) is 0 Å². The molecule has 2 rings (SSSR count). The summed E-state index contributed by atoms with van der Waals surface area (Å²) < 4.78 is 14.2. The van der Waals surface area contributed by atoms with Gasteiger partial charge in [0.05, 0.1) is 6.61 Å². The highest BCUT2D eigenvalue weighted by Crippen LogP contribution is 2.33. The Morgan fingerprint density at radius 1 is 1.50 bits per heavy atom. The average Bonchev–Trinajstić information content (AvgIpc) is 2.64. The first-order chi connectivity index (χ1) is 7.70. The quantitative estimate of drug-likeness (QED) is 0.914. The van der Waals surface area contributed by atoms with Crippen molar-refractivity contribution < 1.29 is 9.50 Å². The van der Waals surface area contributed by atoms with E-state index in [1.807, 2.05) is 12.3 Å². The van der Waals surface area contributed by atoms with Crippen molar-refractivity contribution in [1.82, 2.24) is 4.98 Å². The Morgan fingerprint density at radius 2 is 2.31 bits per heavy atom. The van der Waals surface area contributed by atoms with E-state index in [0.29, 0.717) is 5.56 Å². The summed E-state index contributed by atoms with van der Waals surface area (Å²) in [6.07, 6.45) is 0. The standard InChI is InChI=1S/C11H10FNOS2/c1-7-6-15-11(13-7)16-10-4-2-3-9(12)8(10)5-14/h2-4,6,14H,5H2,1H3. The summed E-state index contributed by atoms with van der Waals surface area (Å²) in [6, 6.07) is 4.77. The van der Waals surface area contributed by atoms with Gasteiger partial charge in [-0.05, 0) is 19.1 Å². The molecule has 0 saturated carbocycles. The van der Waals surface area contributed by atoms with E-state index >= 15 is 0 Å². The minimum atomic E-state index is -0.374. The molecule has 0 spiro atoms. The van der Waals surface area contributed by atoms with E-state index in [4.69, 9.17) is 5.11 Å². The number of rotatable bonds is 3. The van der Waals surface area contributed by atoms with Gasteiger partial charge in [-0.3, -0.25) is 0 Å². The van der Waals surface area contributed by atoms with Crippen molar-refractivity contribution in [3.8, 4) is 0 Å². The van der Waals surface area contributed by atoms with Crippen LogP contribution in [-0.2, 0) is 6.61 Å². The zero-order valence-corrected chi connectivity index (χ0v) is 10.2. The smallest absolute Gasteiger partial charge is 0.154 e. The van der Waals surface area contributed by atoms with Crippen LogP contribution in [0, 0.1) is 12.7 Å². The maximum atomic E-state index is 13.4. The minimum Gasteiger partial charge on any atom is -0.392 e. The maximum Gasteiger partial charge on any atom is 0.154 e. The third-order valence-corrected chi connectivity index (χ3v) is 4.19. The van der Waals surface area contributed by atoms with Gasteiger partial charge in [-0.15, -0.1) is 11.3 Å². The fourth-order valence-electron chi connectivity index (χ4n) is 1.26. The largest absolute Gasteiger partial charge is 0.392 e. The summed E-state index contributed by atoms with van der Waals surface area (Å²) in [7, 11) is 0. The Bertz CT molecular complexity index is 498. The fourth-order valence-corrected chi connectivity index (χ4v) is 3.20. The molecule has 0 amide bonds. The van der Waals surface area contributed by atoms with Gasteiger partial charge in [0, 0.05) is 21.5 Å². The van der Waals surface area contributed by atoms with E-state index in [0.717, 1.165) is 14.9 Å². The van der Waals surface area contributed by atoms with Crippen molar-refractivity contribution in [2.45, 2.75) is 22.8 Å². The first kappa shape index (κ1) is 11.6. The second-order valence-corrected chi connectivity index (χ2v) is 5.38. The molecular weight excluding hydrogens is 245 g/mol. The molecular formula is C11H10FNOS2. The summed E-state index contributed by atoms with van der Waals surface area (Å²) in [5.41, 5.74) is 1.29. The van der Waals surface area contributed by atoms with Gasteiger partial charge in [0.15, 0.2) is 4.34 Å². The maximum absolute atomic E-state index is 13.4. The lowest BCUT2D eigenvalue weighted by molar-refractivity contribution is 0.272. The van der Waals surface area contributed by atoms with Crippen molar-refractivity contribution in [2.75, 3.05) is 0 Å². The molecule has 0 unspecified atom stereocenters. The van der Waals surface area contributed by atoms with Crippen LogP contribution in [0.1, 0.15) is 11.3 Å². The molecule has 0 aliphatic rings. The van der Waals surface area contributed by atoms with Gasteiger partial charge in [0.1, 0.15) is 5.82 Å². The first-order valence-corrected chi connectivity index (χ1v) is 6.38. The molecule has 0 fully saturated rings. The van der Waals surface area contributed by atoms with Crippen molar-refractivity contribution in [3.63, 3.8) is 0 Å².